The number of carbonyl (C=O) groups excluding carboxylic acids is 1. The summed E-state index contributed by atoms with van der Waals surface area (Å²) >= 11 is 13.1. The first-order chi connectivity index (χ1) is 8.97. The van der Waals surface area contributed by atoms with Gasteiger partial charge in [0.1, 0.15) is 5.15 Å². The summed E-state index contributed by atoms with van der Waals surface area (Å²) in [5.74, 6) is -0.155. The summed E-state index contributed by atoms with van der Waals surface area (Å²) in [4.78, 5) is 22.8. The molecule has 0 radical (unpaired) electrons. The third-order valence-electron chi connectivity index (χ3n) is 2.45. The normalized spacial score (nSPS) is 10.5. The number of nitrogens with zero attached hydrogens (tertiary/aromatic N) is 3. The van der Waals surface area contributed by atoms with Gasteiger partial charge in [0, 0.05) is 24.3 Å². The highest BCUT2D eigenvalue weighted by Crippen LogP contribution is 2.21. The molecule has 1 amide bonds. The Morgan fingerprint density at radius 3 is 2.68 bits per heavy atom. The molecule has 100 valence electrons. The van der Waals surface area contributed by atoms with Gasteiger partial charge in [0.25, 0.3) is 5.91 Å². The number of hydrogen-bond donors (Lipinski definition) is 0. The Hall–Kier alpha value is -1.17. The molecule has 19 heavy (non-hydrogen) atoms. The maximum Gasteiger partial charge on any atom is 0.255 e. The lowest BCUT2D eigenvalue weighted by Gasteiger charge is -2.16. The summed E-state index contributed by atoms with van der Waals surface area (Å²) in [5.41, 5.74) is 0.415. The van der Waals surface area contributed by atoms with Crippen LogP contribution in [0.4, 0.5) is 0 Å². The molecule has 0 saturated carbocycles. The standard InChI is InChI=1S/C12H11Cl2N3OS/c1-7-15-5-9(19-7)6-17(2)12(18)8-3-10(13)11(14)16-4-8/h3-5H,6H2,1-2H3. The van der Waals surface area contributed by atoms with Crippen LogP contribution in [0.5, 0.6) is 0 Å². The van der Waals surface area contributed by atoms with Crippen LogP contribution in [0, 0.1) is 6.92 Å². The van der Waals surface area contributed by atoms with Gasteiger partial charge in [-0.1, -0.05) is 23.2 Å². The molecule has 0 saturated heterocycles. The number of hydrogen-bond acceptors (Lipinski definition) is 4. The average molecular weight is 316 g/mol. The fourth-order valence-electron chi connectivity index (χ4n) is 1.54. The maximum atomic E-state index is 12.2. The monoisotopic (exact) mass is 315 g/mol. The van der Waals surface area contributed by atoms with Gasteiger partial charge in [-0.2, -0.15) is 0 Å². The fraction of sp³-hybridized carbons (Fsp3) is 0.250. The van der Waals surface area contributed by atoms with Crippen LogP contribution in [0.1, 0.15) is 20.2 Å². The molecule has 2 aromatic heterocycles. The average Bonchev–Trinajstić information content (AvgIpc) is 2.77. The van der Waals surface area contributed by atoms with Crippen molar-refractivity contribution in [2.45, 2.75) is 13.5 Å². The van der Waals surface area contributed by atoms with E-state index in [0.29, 0.717) is 12.1 Å². The number of halogens is 2. The second kappa shape index (κ2) is 5.86. The number of aromatic nitrogens is 2. The van der Waals surface area contributed by atoms with Gasteiger partial charge < -0.3 is 4.90 Å². The van der Waals surface area contributed by atoms with Gasteiger partial charge in [-0.15, -0.1) is 11.3 Å². The maximum absolute atomic E-state index is 12.2. The van der Waals surface area contributed by atoms with Crippen molar-refractivity contribution in [1.29, 1.82) is 0 Å². The summed E-state index contributed by atoms with van der Waals surface area (Å²) in [6.45, 7) is 2.43. The molecule has 0 fully saturated rings. The Morgan fingerprint density at radius 1 is 1.37 bits per heavy atom. The van der Waals surface area contributed by atoms with Crippen molar-refractivity contribution >= 4 is 40.4 Å². The van der Waals surface area contributed by atoms with E-state index < -0.39 is 0 Å². The Labute approximate surface area is 125 Å². The van der Waals surface area contributed by atoms with E-state index in [2.05, 4.69) is 9.97 Å². The van der Waals surface area contributed by atoms with Crippen LogP contribution >= 0.6 is 34.5 Å². The van der Waals surface area contributed by atoms with Crippen molar-refractivity contribution in [3.63, 3.8) is 0 Å². The Kier molecular flexibility index (Phi) is 4.39. The number of thiazole rings is 1. The molecule has 2 aromatic rings. The molecule has 2 heterocycles. The van der Waals surface area contributed by atoms with E-state index in [0.717, 1.165) is 9.88 Å². The lowest BCUT2D eigenvalue weighted by Crippen LogP contribution is -2.25. The Balaban J connectivity index is 2.12. The summed E-state index contributed by atoms with van der Waals surface area (Å²) < 4.78 is 0. The quantitative estimate of drug-likeness (QED) is 0.815. The van der Waals surface area contributed by atoms with E-state index >= 15 is 0 Å². The summed E-state index contributed by atoms with van der Waals surface area (Å²) in [6, 6.07) is 1.52. The molecular weight excluding hydrogens is 305 g/mol. The Bertz CT molecular complexity index is 615. The SMILES string of the molecule is Cc1ncc(CN(C)C(=O)c2cnc(Cl)c(Cl)c2)s1. The molecule has 0 unspecified atom stereocenters. The highest BCUT2D eigenvalue weighted by Gasteiger charge is 2.15. The second-order valence-corrected chi connectivity index (χ2v) is 6.09. The second-order valence-electron chi connectivity index (χ2n) is 4.00. The molecule has 0 atom stereocenters. The zero-order valence-corrected chi connectivity index (χ0v) is 12.7. The van der Waals surface area contributed by atoms with Crippen molar-refractivity contribution in [3.05, 3.63) is 44.1 Å². The van der Waals surface area contributed by atoms with Crippen molar-refractivity contribution in [2.75, 3.05) is 7.05 Å². The zero-order valence-electron chi connectivity index (χ0n) is 10.4. The molecule has 0 bridgehead atoms. The predicted molar refractivity (Wildman–Crippen MR) is 76.9 cm³/mol. The van der Waals surface area contributed by atoms with Gasteiger partial charge in [-0.25, -0.2) is 9.97 Å². The highest BCUT2D eigenvalue weighted by molar-refractivity contribution is 7.11. The van der Waals surface area contributed by atoms with Crippen molar-refractivity contribution in [3.8, 4) is 0 Å². The number of amides is 1. The molecular formula is C12H11Cl2N3OS. The largest absolute Gasteiger partial charge is 0.336 e. The molecule has 0 aliphatic carbocycles. The van der Waals surface area contributed by atoms with Gasteiger partial charge in [-0.3, -0.25) is 4.79 Å². The minimum absolute atomic E-state index is 0.155. The number of rotatable bonds is 3. The van der Waals surface area contributed by atoms with Gasteiger partial charge in [0.05, 0.1) is 22.1 Å². The predicted octanol–water partition coefficient (Wildman–Crippen LogP) is 3.43. The van der Waals surface area contributed by atoms with Crippen LogP contribution in [0.15, 0.2) is 18.5 Å². The van der Waals surface area contributed by atoms with Crippen molar-refractivity contribution in [1.82, 2.24) is 14.9 Å². The third-order valence-corrected chi connectivity index (χ3v) is 4.04. The van der Waals surface area contributed by atoms with Crippen LogP contribution in [-0.4, -0.2) is 27.8 Å². The van der Waals surface area contributed by atoms with Gasteiger partial charge in [0.2, 0.25) is 0 Å². The highest BCUT2D eigenvalue weighted by atomic mass is 35.5. The van der Waals surface area contributed by atoms with E-state index in [-0.39, 0.29) is 16.1 Å². The molecule has 2 rings (SSSR count). The first-order valence-electron chi connectivity index (χ1n) is 5.45. The Morgan fingerprint density at radius 2 is 2.11 bits per heavy atom. The number of aryl methyl sites for hydroxylation is 1. The van der Waals surface area contributed by atoms with E-state index in [4.69, 9.17) is 23.2 Å². The van der Waals surface area contributed by atoms with Crippen molar-refractivity contribution in [2.24, 2.45) is 0 Å². The number of pyridine rings is 1. The minimum atomic E-state index is -0.155. The molecule has 7 heteroatoms. The molecule has 0 aromatic carbocycles. The van der Waals surface area contributed by atoms with Crippen LogP contribution < -0.4 is 0 Å². The van der Waals surface area contributed by atoms with Crippen LogP contribution in [-0.2, 0) is 6.54 Å². The van der Waals surface area contributed by atoms with E-state index in [1.165, 1.54) is 12.3 Å². The summed E-state index contributed by atoms with van der Waals surface area (Å²) in [5, 5.41) is 1.44. The van der Waals surface area contributed by atoms with Crippen LogP contribution in [0.2, 0.25) is 10.2 Å². The van der Waals surface area contributed by atoms with Gasteiger partial charge in [-0.05, 0) is 13.0 Å². The van der Waals surface area contributed by atoms with E-state index in [9.17, 15) is 4.79 Å². The molecule has 0 aliphatic rings. The topological polar surface area (TPSA) is 46.1 Å². The first kappa shape index (κ1) is 14.2. The van der Waals surface area contributed by atoms with E-state index in [1.807, 2.05) is 6.92 Å². The fourth-order valence-corrected chi connectivity index (χ4v) is 2.66. The van der Waals surface area contributed by atoms with Crippen LogP contribution in [0.25, 0.3) is 0 Å². The van der Waals surface area contributed by atoms with E-state index in [1.54, 1.807) is 29.5 Å². The lowest BCUT2D eigenvalue weighted by molar-refractivity contribution is 0.0786. The minimum Gasteiger partial charge on any atom is -0.336 e. The molecule has 0 spiro atoms. The van der Waals surface area contributed by atoms with Gasteiger partial charge >= 0.3 is 0 Å². The third kappa shape index (κ3) is 3.43. The summed E-state index contributed by atoms with van der Waals surface area (Å²) in [7, 11) is 1.72. The summed E-state index contributed by atoms with van der Waals surface area (Å²) in [6.07, 6.45) is 3.20. The first-order valence-corrected chi connectivity index (χ1v) is 7.02. The molecule has 0 N–H and O–H groups in total. The lowest BCUT2D eigenvalue weighted by atomic mass is 10.2. The zero-order chi connectivity index (χ0) is 14.0. The van der Waals surface area contributed by atoms with Gasteiger partial charge in [0.15, 0.2) is 0 Å². The number of carbonyl (C=O) groups is 1. The van der Waals surface area contributed by atoms with Crippen molar-refractivity contribution < 1.29 is 4.79 Å². The molecule has 4 nitrogen and oxygen atoms in total. The molecule has 0 aliphatic heterocycles. The van der Waals surface area contributed by atoms with Crippen LogP contribution in [0.3, 0.4) is 0 Å². The smallest absolute Gasteiger partial charge is 0.255 e.